The average molecular weight is 294 g/mol. The fourth-order valence-electron chi connectivity index (χ4n) is 1.57. The van der Waals surface area contributed by atoms with Gasteiger partial charge in [0.05, 0.1) is 11.6 Å². The van der Waals surface area contributed by atoms with E-state index < -0.39 is 5.82 Å². The quantitative estimate of drug-likeness (QED) is 0.823. The third-order valence-electron chi connectivity index (χ3n) is 2.31. The average Bonchev–Trinajstić information content (AvgIpc) is 2.22. The minimum atomic E-state index is -0.480. The van der Waals surface area contributed by atoms with E-state index in [2.05, 4.69) is 6.58 Å². The van der Waals surface area contributed by atoms with Crippen LogP contribution in [0.2, 0.25) is 5.02 Å². The summed E-state index contributed by atoms with van der Waals surface area (Å²) in [5.74, 6) is -0.396. The minimum absolute atomic E-state index is 0. The molecule has 0 amide bonds. The van der Waals surface area contributed by atoms with Crippen molar-refractivity contribution in [2.45, 2.75) is 26.3 Å². The van der Waals surface area contributed by atoms with Crippen LogP contribution in [-0.4, -0.2) is 6.61 Å². The van der Waals surface area contributed by atoms with Crippen molar-refractivity contribution in [2.75, 3.05) is 6.61 Å². The van der Waals surface area contributed by atoms with Gasteiger partial charge < -0.3 is 10.5 Å². The molecule has 0 unspecified atom stereocenters. The molecule has 2 nitrogen and oxygen atoms in total. The molecule has 1 aromatic rings. The number of benzene rings is 1. The molecule has 0 aliphatic rings. The standard InChI is InChI=1S/C13H17ClFNO.ClH/c1-4-17-13-10(14)6-9(7-11(13)15)12(16)5-8(2)3;/h6-7,12H,2,4-5,16H2,1,3H3;1H/t12-;/m0./s1. The molecule has 0 fully saturated rings. The summed E-state index contributed by atoms with van der Waals surface area (Å²) in [5.41, 5.74) is 7.53. The molecule has 18 heavy (non-hydrogen) atoms. The molecule has 0 saturated carbocycles. The second kappa shape index (κ2) is 7.62. The summed E-state index contributed by atoms with van der Waals surface area (Å²) in [4.78, 5) is 0. The zero-order valence-corrected chi connectivity index (χ0v) is 12.1. The Morgan fingerprint density at radius 2 is 2.17 bits per heavy atom. The summed E-state index contributed by atoms with van der Waals surface area (Å²) in [7, 11) is 0. The van der Waals surface area contributed by atoms with Crippen LogP contribution in [0, 0.1) is 5.82 Å². The first-order chi connectivity index (χ1) is 7.95. The molecule has 0 aliphatic carbocycles. The highest BCUT2D eigenvalue weighted by molar-refractivity contribution is 6.32. The summed E-state index contributed by atoms with van der Waals surface area (Å²) >= 11 is 5.95. The Bertz CT molecular complexity index is 400. The second-order valence-corrected chi connectivity index (χ2v) is 4.42. The van der Waals surface area contributed by atoms with E-state index in [0.717, 1.165) is 5.57 Å². The molecule has 1 atom stereocenters. The van der Waals surface area contributed by atoms with Gasteiger partial charge in [0.25, 0.3) is 0 Å². The number of nitrogens with two attached hydrogens (primary N) is 1. The Kier molecular flexibility index (Phi) is 7.29. The molecule has 1 aromatic carbocycles. The van der Waals surface area contributed by atoms with Crippen molar-refractivity contribution in [2.24, 2.45) is 5.73 Å². The lowest BCUT2D eigenvalue weighted by molar-refractivity contribution is 0.321. The Hall–Kier alpha value is -0.770. The zero-order valence-electron chi connectivity index (χ0n) is 10.5. The molecule has 5 heteroatoms. The highest BCUT2D eigenvalue weighted by Crippen LogP contribution is 2.32. The lowest BCUT2D eigenvalue weighted by Crippen LogP contribution is -2.11. The predicted octanol–water partition coefficient (Wildman–Crippen LogP) is 4.27. The maximum Gasteiger partial charge on any atom is 0.173 e. The van der Waals surface area contributed by atoms with E-state index in [-0.39, 0.29) is 29.2 Å². The maximum absolute atomic E-state index is 13.7. The SMILES string of the molecule is C=C(C)C[C@H](N)c1cc(F)c(OCC)c(Cl)c1.Cl. The topological polar surface area (TPSA) is 35.2 Å². The second-order valence-electron chi connectivity index (χ2n) is 4.01. The Morgan fingerprint density at radius 1 is 1.56 bits per heavy atom. The molecule has 0 radical (unpaired) electrons. The number of ether oxygens (including phenoxy) is 1. The molecule has 102 valence electrons. The molecule has 0 spiro atoms. The van der Waals surface area contributed by atoms with Crippen molar-refractivity contribution in [3.05, 3.63) is 40.7 Å². The normalized spacial score (nSPS) is 11.6. The zero-order chi connectivity index (χ0) is 13.0. The Labute approximate surface area is 118 Å². The van der Waals surface area contributed by atoms with Crippen molar-refractivity contribution >= 4 is 24.0 Å². The van der Waals surface area contributed by atoms with E-state index in [0.29, 0.717) is 18.6 Å². The van der Waals surface area contributed by atoms with Gasteiger partial charge in [-0.25, -0.2) is 4.39 Å². The lowest BCUT2D eigenvalue weighted by atomic mass is 10.0. The summed E-state index contributed by atoms with van der Waals surface area (Å²) in [6, 6.07) is 2.71. The van der Waals surface area contributed by atoms with Gasteiger partial charge in [-0.05, 0) is 38.0 Å². The molecular weight excluding hydrogens is 276 g/mol. The van der Waals surface area contributed by atoms with Crippen LogP contribution >= 0.6 is 24.0 Å². The highest BCUT2D eigenvalue weighted by Gasteiger charge is 2.14. The van der Waals surface area contributed by atoms with Crippen LogP contribution in [0.25, 0.3) is 0 Å². The number of rotatable bonds is 5. The fourth-order valence-corrected chi connectivity index (χ4v) is 1.84. The molecule has 2 N–H and O–H groups in total. The van der Waals surface area contributed by atoms with Crippen LogP contribution in [0.15, 0.2) is 24.3 Å². The summed E-state index contributed by atoms with van der Waals surface area (Å²) in [6.07, 6.45) is 0.601. The Balaban J connectivity index is 0.00000289. The van der Waals surface area contributed by atoms with Crippen molar-refractivity contribution in [3.63, 3.8) is 0 Å². The smallest absolute Gasteiger partial charge is 0.173 e. The third-order valence-corrected chi connectivity index (χ3v) is 2.59. The molecule has 0 saturated heterocycles. The van der Waals surface area contributed by atoms with Crippen LogP contribution in [0.3, 0.4) is 0 Å². The summed E-state index contributed by atoms with van der Waals surface area (Å²) < 4.78 is 18.8. The van der Waals surface area contributed by atoms with Gasteiger partial charge in [-0.15, -0.1) is 19.0 Å². The van der Waals surface area contributed by atoms with Gasteiger partial charge in [0.1, 0.15) is 0 Å². The highest BCUT2D eigenvalue weighted by atomic mass is 35.5. The van der Waals surface area contributed by atoms with E-state index in [1.807, 2.05) is 6.92 Å². The van der Waals surface area contributed by atoms with Gasteiger partial charge >= 0.3 is 0 Å². The van der Waals surface area contributed by atoms with Crippen LogP contribution in [0.1, 0.15) is 31.9 Å². The largest absolute Gasteiger partial charge is 0.489 e. The monoisotopic (exact) mass is 293 g/mol. The van der Waals surface area contributed by atoms with Gasteiger partial charge in [0.15, 0.2) is 11.6 Å². The molecule has 0 aliphatic heterocycles. The van der Waals surface area contributed by atoms with Gasteiger partial charge in [-0.3, -0.25) is 0 Å². The Morgan fingerprint density at radius 3 is 2.61 bits per heavy atom. The summed E-state index contributed by atoms with van der Waals surface area (Å²) in [6.45, 7) is 7.81. The van der Waals surface area contributed by atoms with Crippen molar-refractivity contribution in [1.82, 2.24) is 0 Å². The van der Waals surface area contributed by atoms with E-state index in [4.69, 9.17) is 22.1 Å². The molecular formula is C13H18Cl2FNO. The first-order valence-corrected chi connectivity index (χ1v) is 5.85. The molecule has 0 aromatic heterocycles. The van der Waals surface area contributed by atoms with E-state index in [1.54, 1.807) is 13.0 Å². The predicted molar refractivity (Wildman–Crippen MR) is 76.2 cm³/mol. The van der Waals surface area contributed by atoms with Crippen LogP contribution < -0.4 is 10.5 Å². The summed E-state index contributed by atoms with van der Waals surface area (Å²) in [5, 5.41) is 0.249. The van der Waals surface area contributed by atoms with Crippen molar-refractivity contribution in [3.8, 4) is 5.75 Å². The first kappa shape index (κ1) is 17.2. The third kappa shape index (κ3) is 4.48. The van der Waals surface area contributed by atoms with Crippen LogP contribution in [0.5, 0.6) is 5.75 Å². The minimum Gasteiger partial charge on any atom is -0.489 e. The number of hydrogen-bond donors (Lipinski definition) is 1. The maximum atomic E-state index is 13.7. The van der Waals surface area contributed by atoms with Crippen molar-refractivity contribution in [1.29, 1.82) is 0 Å². The van der Waals surface area contributed by atoms with Crippen LogP contribution in [0.4, 0.5) is 4.39 Å². The van der Waals surface area contributed by atoms with E-state index in [1.165, 1.54) is 6.07 Å². The molecule has 0 heterocycles. The van der Waals surface area contributed by atoms with Crippen molar-refractivity contribution < 1.29 is 9.13 Å². The molecule has 0 bridgehead atoms. The van der Waals surface area contributed by atoms with Gasteiger partial charge in [0.2, 0.25) is 0 Å². The van der Waals surface area contributed by atoms with E-state index >= 15 is 0 Å². The number of hydrogen-bond acceptors (Lipinski definition) is 2. The molecule has 1 rings (SSSR count). The lowest BCUT2D eigenvalue weighted by Gasteiger charge is -2.14. The first-order valence-electron chi connectivity index (χ1n) is 5.47. The van der Waals surface area contributed by atoms with Gasteiger partial charge in [0, 0.05) is 6.04 Å². The number of halogens is 3. The van der Waals surface area contributed by atoms with E-state index in [9.17, 15) is 4.39 Å². The van der Waals surface area contributed by atoms with Gasteiger partial charge in [-0.2, -0.15) is 0 Å². The van der Waals surface area contributed by atoms with Gasteiger partial charge in [-0.1, -0.05) is 17.2 Å². The van der Waals surface area contributed by atoms with Crippen LogP contribution in [-0.2, 0) is 0 Å². The fraction of sp³-hybridized carbons (Fsp3) is 0.385.